The molecule has 0 amide bonds. The van der Waals surface area contributed by atoms with Gasteiger partial charge in [0.2, 0.25) is 0 Å². The summed E-state index contributed by atoms with van der Waals surface area (Å²) >= 11 is 0. The van der Waals surface area contributed by atoms with Crippen LogP contribution in [0.5, 0.6) is 0 Å². The van der Waals surface area contributed by atoms with E-state index in [1.807, 2.05) is 6.07 Å². The van der Waals surface area contributed by atoms with Crippen LogP contribution < -0.4 is 10.6 Å². The van der Waals surface area contributed by atoms with Crippen LogP contribution in [0.3, 0.4) is 0 Å². The van der Waals surface area contributed by atoms with Gasteiger partial charge < -0.3 is 15.4 Å². The summed E-state index contributed by atoms with van der Waals surface area (Å²) in [6, 6.07) is 1.96. The van der Waals surface area contributed by atoms with E-state index in [0.29, 0.717) is 0 Å². The first-order chi connectivity index (χ1) is 7.11. The summed E-state index contributed by atoms with van der Waals surface area (Å²) in [6.45, 7) is 6.68. The van der Waals surface area contributed by atoms with E-state index in [1.54, 1.807) is 12.4 Å². The summed E-state index contributed by atoms with van der Waals surface area (Å²) < 4.78 is 5.48. The molecule has 0 spiro atoms. The van der Waals surface area contributed by atoms with Crippen LogP contribution >= 0.6 is 0 Å². The minimum absolute atomic E-state index is 0.00623. The first kappa shape index (κ1) is 10.2. The highest BCUT2D eigenvalue weighted by molar-refractivity contribution is 5.67. The molecular weight excluding hydrogens is 190 g/mol. The Kier molecular flexibility index (Phi) is 2.52. The lowest BCUT2D eigenvalue weighted by Crippen LogP contribution is -2.53. The molecule has 1 aliphatic heterocycles. The number of anilines is 2. The third-order valence-electron chi connectivity index (χ3n) is 2.76. The van der Waals surface area contributed by atoms with Gasteiger partial charge in [-0.25, -0.2) is 0 Å². The van der Waals surface area contributed by atoms with Gasteiger partial charge in [-0.3, -0.25) is 4.98 Å². The van der Waals surface area contributed by atoms with E-state index in [0.717, 1.165) is 31.1 Å². The fourth-order valence-electron chi connectivity index (χ4n) is 1.95. The Labute approximate surface area is 90.0 Å². The predicted molar refractivity (Wildman–Crippen MR) is 60.9 cm³/mol. The Bertz CT molecular complexity index is 351. The number of morpholine rings is 1. The first-order valence-corrected chi connectivity index (χ1v) is 5.16. The zero-order valence-corrected chi connectivity index (χ0v) is 9.23. The summed E-state index contributed by atoms with van der Waals surface area (Å²) in [5, 5.41) is 0. The number of ether oxygens (including phenoxy) is 1. The Morgan fingerprint density at radius 2 is 2.33 bits per heavy atom. The Hall–Kier alpha value is -1.29. The van der Waals surface area contributed by atoms with E-state index < -0.39 is 0 Å². The van der Waals surface area contributed by atoms with Crippen LogP contribution in [-0.2, 0) is 4.74 Å². The highest BCUT2D eigenvalue weighted by Gasteiger charge is 2.31. The van der Waals surface area contributed by atoms with Crippen molar-refractivity contribution in [2.75, 3.05) is 30.4 Å². The predicted octanol–water partition coefficient (Wildman–Crippen LogP) is 1.28. The van der Waals surface area contributed by atoms with Crippen molar-refractivity contribution in [3.8, 4) is 0 Å². The zero-order chi connectivity index (χ0) is 10.9. The lowest BCUT2D eigenvalue weighted by molar-refractivity contribution is 0.0645. The van der Waals surface area contributed by atoms with Gasteiger partial charge in [0.1, 0.15) is 0 Å². The molecule has 4 heteroatoms. The second kappa shape index (κ2) is 3.70. The molecule has 1 aromatic heterocycles. The zero-order valence-electron chi connectivity index (χ0n) is 9.23. The number of pyridine rings is 1. The quantitative estimate of drug-likeness (QED) is 0.753. The molecule has 0 bridgehead atoms. The molecule has 1 aliphatic rings. The van der Waals surface area contributed by atoms with Gasteiger partial charge in [0, 0.05) is 12.7 Å². The fourth-order valence-corrected chi connectivity index (χ4v) is 1.95. The van der Waals surface area contributed by atoms with Crippen molar-refractivity contribution in [3.63, 3.8) is 0 Å². The number of rotatable bonds is 1. The lowest BCUT2D eigenvalue weighted by Gasteiger charge is -2.44. The number of aromatic nitrogens is 1. The average molecular weight is 207 g/mol. The molecule has 0 radical (unpaired) electrons. The van der Waals surface area contributed by atoms with E-state index in [4.69, 9.17) is 10.5 Å². The van der Waals surface area contributed by atoms with Crippen LogP contribution in [0, 0.1) is 0 Å². The largest absolute Gasteiger partial charge is 0.396 e. The molecule has 82 valence electrons. The monoisotopic (exact) mass is 207 g/mol. The van der Waals surface area contributed by atoms with Crippen molar-refractivity contribution >= 4 is 11.4 Å². The van der Waals surface area contributed by atoms with Gasteiger partial charge in [0.25, 0.3) is 0 Å². The Morgan fingerprint density at radius 1 is 1.53 bits per heavy atom. The van der Waals surface area contributed by atoms with Crippen LogP contribution in [0.15, 0.2) is 18.5 Å². The van der Waals surface area contributed by atoms with Gasteiger partial charge in [-0.15, -0.1) is 0 Å². The number of nitrogens with zero attached hydrogens (tertiary/aromatic N) is 2. The van der Waals surface area contributed by atoms with Gasteiger partial charge in [-0.05, 0) is 19.9 Å². The lowest BCUT2D eigenvalue weighted by atomic mass is 10.0. The van der Waals surface area contributed by atoms with E-state index in [1.165, 1.54) is 0 Å². The second-order valence-electron chi connectivity index (χ2n) is 4.45. The van der Waals surface area contributed by atoms with Crippen LogP contribution in [-0.4, -0.2) is 30.3 Å². The summed E-state index contributed by atoms with van der Waals surface area (Å²) in [4.78, 5) is 6.29. The number of nitrogens with two attached hydrogens (primary N) is 1. The van der Waals surface area contributed by atoms with E-state index >= 15 is 0 Å². The van der Waals surface area contributed by atoms with Crippen LogP contribution in [0.25, 0.3) is 0 Å². The third kappa shape index (κ3) is 1.90. The van der Waals surface area contributed by atoms with Crippen LogP contribution in [0.4, 0.5) is 11.4 Å². The molecule has 2 rings (SSSR count). The molecule has 15 heavy (non-hydrogen) atoms. The first-order valence-electron chi connectivity index (χ1n) is 5.16. The number of nitrogen functional groups attached to an aromatic ring is 1. The van der Waals surface area contributed by atoms with Gasteiger partial charge >= 0.3 is 0 Å². The SMILES string of the molecule is CC1(C)COCCN1c1ccncc1N. The highest BCUT2D eigenvalue weighted by atomic mass is 16.5. The van der Waals surface area contributed by atoms with Gasteiger partial charge in [-0.2, -0.15) is 0 Å². The summed E-state index contributed by atoms with van der Waals surface area (Å²) in [5.41, 5.74) is 7.70. The minimum atomic E-state index is -0.00623. The average Bonchev–Trinajstić information content (AvgIpc) is 2.19. The van der Waals surface area contributed by atoms with Crippen molar-refractivity contribution < 1.29 is 4.74 Å². The van der Waals surface area contributed by atoms with E-state index in [2.05, 4.69) is 23.7 Å². The molecule has 1 aromatic rings. The smallest absolute Gasteiger partial charge is 0.0738 e. The maximum absolute atomic E-state index is 5.93. The molecule has 0 saturated carbocycles. The maximum Gasteiger partial charge on any atom is 0.0738 e. The maximum atomic E-state index is 5.93. The normalized spacial score (nSPS) is 20.3. The minimum Gasteiger partial charge on any atom is -0.396 e. The molecule has 4 nitrogen and oxygen atoms in total. The van der Waals surface area contributed by atoms with Gasteiger partial charge in [0.05, 0.1) is 36.3 Å². The van der Waals surface area contributed by atoms with Gasteiger partial charge in [-0.1, -0.05) is 0 Å². The van der Waals surface area contributed by atoms with Crippen LogP contribution in [0.2, 0.25) is 0 Å². The summed E-state index contributed by atoms with van der Waals surface area (Å²) in [6.07, 6.45) is 3.47. The second-order valence-corrected chi connectivity index (χ2v) is 4.45. The molecule has 0 aliphatic carbocycles. The highest BCUT2D eigenvalue weighted by Crippen LogP contribution is 2.30. The Balaban J connectivity index is 2.33. The standard InChI is InChI=1S/C11H17N3O/c1-11(2)8-15-6-5-14(11)10-3-4-13-7-9(10)12/h3-4,7H,5-6,8,12H2,1-2H3. The third-order valence-corrected chi connectivity index (χ3v) is 2.76. The topological polar surface area (TPSA) is 51.4 Å². The molecule has 1 saturated heterocycles. The molecule has 0 aromatic carbocycles. The van der Waals surface area contributed by atoms with Crippen molar-refractivity contribution in [1.29, 1.82) is 0 Å². The van der Waals surface area contributed by atoms with Crippen LogP contribution in [0.1, 0.15) is 13.8 Å². The number of hydrogen-bond donors (Lipinski definition) is 1. The molecule has 2 heterocycles. The van der Waals surface area contributed by atoms with Crippen molar-refractivity contribution in [2.24, 2.45) is 0 Å². The molecule has 1 fully saturated rings. The number of hydrogen-bond acceptors (Lipinski definition) is 4. The Morgan fingerprint density at radius 3 is 3.00 bits per heavy atom. The van der Waals surface area contributed by atoms with Crippen molar-refractivity contribution in [3.05, 3.63) is 18.5 Å². The fraction of sp³-hybridized carbons (Fsp3) is 0.545. The van der Waals surface area contributed by atoms with Crippen molar-refractivity contribution in [1.82, 2.24) is 4.98 Å². The molecular formula is C11H17N3O. The summed E-state index contributed by atoms with van der Waals surface area (Å²) in [5.74, 6) is 0. The van der Waals surface area contributed by atoms with Gasteiger partial charge in [0.15, 0.2) is 0 Å². The van der Waals surface area contributed by atoms with E-state index in [-0.39, 0.29) is 5.54 Å². The molecule has 0 atom stereocenters. The summed E-state index contributed by atoms with van der Waals surface area (Å²) in [7, 11) is 0. The van der Waals surface area contributed by atoms with E-state index in [9.17, 15) is 0 Å². The molecule has 0 unspecified atom stereocenters. The van der Waals surface area contributed by atoms with Crippen molar-refractivity contribution in [2.45, 2.75) is 19.4 Å². The molecule has 2 N–H and O–H groups in total.